The van der Waals surface area contributed by atoms with Gasteiger partial charge >= 0.3 is 0 Å². The van der Waals surface area contributed by atoms with Gasteiger partial charge in [0.05, 0.1) is 6.61 Å². The molecule has 122 valence electrons. The summed E-state index contributed by atoms with van der Waals surface area (Å²) in [6.07, 6.45) is 0. The van der Waals surface area contributed by atoms with E-state index in [9.17, 15) is 0 Å². The van der Waals surface area contributed by atoms with E-state index in [0.29, 0.717) is 34.9 Å². The number of nitrogens with zero attached hydrogens (tertiary/aromatic N) is 3. The van der Waals surface area contributed by atoms with Crippen LogP contribution in [0.3, 0.4) is 0 Å². The molecule has 0 fully saturated rings. The Hall–Kier alpha value is -2.66. The summed E-state index contributed by atoms with van der Waals surface area (Å²) in [7, 11) is 0. The van der Waals surface area contributed by atoms with Crippen molar-refractivity contribution in [2.75, 3.05) is 6.61 Å². The fourth-order valence-electron chi connectivity index (χ4n) is 2.13. The number of aromatic nitrogens is 3. The Bertz CT molecular complexity index is 818. The first-order valence-electron chi connectivity index (χ1n) is 7.53. The third-order valence-electron chi connectivity index (χ3n) is 3.13. The van der Waals surface area contributed by atoms with E-state index in [-0.39, 0.29) is 0 Å². The molecule has 0 aliphatic heterocycles. The maximum Gasteiger partial charge on any atom is 0.219 e. The Morgan fingerprint density at radius 1 is 0.958 bits per heavy atom. The van der Waals surface area contributed by atoms with Crippen molar-refractivity contribution in [1.29, 1.82) is 0 Å². The monoisotopic (exact) mass is 341 g/mol. The van der Waals surface area contributed by atoms with E-state index in [0.717, 1.165) is 11.4 Å². The topological polar surface area (TPSA) is 57.1 Å². The summed E-state index contributed by atoms with van der Waals surface area (Å²) in [6.45, 7) is 4.43. The maximum absolute atomic E-state index is 5.99. The molecule has 3 rings (SSSR count). The van der Waals surface area contributed by atoms with E-state index in [4.69, 9.17) is 21.1 Å². The highest BCUT2D eigenvalue weighted by Crippen LogP contribution is 2.24. The lowest BCUT2D eigenvalue weighted by molar-refractivity contribution is 0.339. The molecule has 5 nitrogen and oxygen atoms in total. The number of ether oxygens (including phenoxy) is 2. The molecule has 0 saturated carbocycles. The first kappa shape index (κ1) is 16.2. The molecule has 0 aliphatic carbocycles. The molecule has 2 aromatic heterocycles. The highest BCUT2D eigenvalue weighted by molar-refractivity contribution is 6.29. The lowest BCUT2D eigenvalue weighted by Crippen LogP contribution is -1.96. The van der Waals surface area contributed by atoms with Crippen molar-refractivity contribution in [3.05, 3.63) is 59.4 Å². The highest BCUT2D eigenvalue weighted by atomic mass is 35.5. The smallest absolute Gasteiger partial charge is 0.219 e. The zero-order valence-corrected chi connectivity index (χ0v) is 14.1. The van der Waals surface area contributed by atoms with Crippen molar-refractivity contribution >= 4 is 11.6 Å². The van der Waals surface area contributed by atoms with Gasteiger partial charge in [-0.05, 0) is 50.2 Å². The number of aryl methyl sites for hydroxylation is 1. The van der Waals surface area contributed by atoms with Crippen molar-refractivity contribution < 1.29 is 9.47 Å². The van der Waals surface area contributed by atoms with Crippen LogP contribution in [0.2, 0.25) is 5.15 Å². The van der Waals surface area contributed by atoms with Gasteiger partial charge < -0.3 is 9.47 Å². The third-order valence-corrected chi connectivity index (χ3v) is 3.33. The quantitative estimate of drug-likeness (QED) is 0.630. The zero-order valence-electron chi connectivity index (χ0n) is 13.4. The summed E-state index contributed by atoms with van der Waals surface area (Å²) >= 11 is 5.99. The summed E-state index contributed by atoms with van der Waals surface area (Å²) < 4.78 is 11.2. The number of pyridine rings is 1. The summed E-state index contributed by atoms with van der Waals surface area (Å²) in [5, 5.41) is 0.386. The predicted molar refractivity (Wildman–Crippen MR) is 92.7 cm³/mol. The third kappa shape index (κ3) is 4.00. The molecule has 0 bridgehead atoms. The molecule has 0 amide bonds. The first-order valence-corrected chi connectivity index (χ1v) is 7.91. The second kappa shape index (κ2) is 7.27. The van der Waals surface area contributed by atoms with Crippen molar-refractivity contribution in [1.82, 2.24) is 15.0 Å². The molecule has 1 aromatic carbocycles. The van der Waals surface area contributed by atoms with Gasteiger partial charge in [-0.2, -0.15) is 0 Å². The molecule has 0 atom stereocenters. The normalized spacial score (nSPS) is 10.5. The molecule has 6 heteroatoms. The minimum Gasteiger partial charge on any atom is -0.494 e. The Kier molecular flexibility index (Phi) is 4.91. The van der Waals surface area contributed by atoms with Gasteiger partial charge in [0, 0.05) is 11.8 Å². The number of benzene rings is 1. The molecule has 0 radical (unpaired) electrons. The van der Waals surface area contributed by atoms with Crippen LogP contribution in [0.5, 0.6) is 17.4 Å². The van der Waals surface area contributed by atoms with Crippen molar-refractivity contribution in [3.8, 4) is 28.9 Å². The van der Waals surface area contributed by atoms with Crippen LogP contribution in [-0.2, 0) is 0 Å². The number of halogens is 1. The van der Waals surface area contributed by atoms with Crippen LogP contribution in [0.15, 0.2) is 48.5 Å². The van der Waals surface area contributed by atoms with Crippen LogP contribution in [0.25, 0.3) is 11.5 Å². The van der Waals surface area contributed by atoms with Gasteiger partial charge in [0.25, 0.3) is 0 Å². The molecule has 24 heavy (non-hydrogen) atoms. The summed E-state index contributed by atoms with van der Waals surface area (Å²) in [4.78, 5) is 13.0. The van der Waals surface area contributed by atoms with E-state index in [1.165, 1.54) is 0 Å². The highest BCUT2D eigenvalue weighted by Gasteiger charge is 2.08. The second-order valence-corrected chi connectivity index (χ2v) is 5.41. The van der Waals surface area contributed by atoms with Crippen LogP contribution in [-0.4, -0.2) is 21.6 Å². The van der Waals surface area contributed by atoms with Gasteiger partial charge in [-0.1, -0.05) is 17.7 Å². The minimum absolute atomic E-state index is 0.386. The molecule has 0 unspecified atom stereocenters. The first-order chi connectivity index (χ1) is 11.6. The standard InChI is InChI=1S/C18H16ClN3O2/c1-3-23-13-7-9-14(10-8-13)24-17-6-4-5-15(21-17)18-20-12(2)11-16(19)22-18/h4-11H,3H2,1-2H3. The van der Waals surface area contributed by atoms with Gasteiger partial charge in [-0.15, -0.1) is 0 Å². The Morgan fingerprint density at radius 3 is 2.42 bits per heavy atom. The van der Waals surface area contributed by atoms with E-state index >= 15 is 0 Å². The summed E-state index contributed by atoms with van der Waals surface area (Å²) in [6, 6.07) is 14.5. The average molecular weight is 342 g/mol. The second-order valence-electron chi connectivity index (χ2n) is 5.02. The number of rotatable bonds is 5. The summed E-state index contributed by atoms with van der Waals surface area (Å²) in [5.74, 6) is 2.40. The largest absolute Gasteiger partial charge is 0.494 e. The van der Waals surface area contributed by atoms with E-state index in [1.54, 1.807) is 12.1 Å². The van der Waals surface area contributed by atoms with Crippen molar-refractivity contribution in [2.45, 2.75) is 13.8 Å². The van der Waals surface area contributed by atoms with Gasteiger partial charge in [0.2, 0.25) is 5.88 Å². The molecule has 0 N–H and O–H groups in total. The lowest BCUT2D eigenvalue weighted by Gasteiger charge is -2.08. The maximum atomic E-state index is 5.99. The summed E-state index contributed by atoms with van der Waals surface area (Å²) in [5.41, 5.74) is 1.38. The molecule has 3 aromatic rings. The lowest BCUT2D eigenvalue weighted by atomic mass is 10.3. The SMILES string of the molecule is CCOc1ccc(Oc2cccc(-c3nc(C)cc(Cl)n3)n2)cc1. The molecule has 2 heterocycles. The van der Waals surface area contributed by atoms with Crippen LogP contribution in [0.1, 0.15) is 12.6 Å². The van der Waals surface area contributed by atoms with Crippen molar-refractivity contribution in [2.24, 2.45) is 0 Å². The fourth-order valence-corrected chi connectivity index (χ4v) is 2.37. The van der Waals surface area contributed by atoms with Gasteiger partial charge in [-0.3, -0.25) is 0 Å². The zero-order chi connectivity index (χ0) is 16.9. The van der Waals surface area contributed by atoms with Gasteiger partial charge in [-0.25, -0.2) is 15.0 Å². The van der Waals surface area contributed by atoms with Crippen molar-refractivity contribution in [3.63, 3.8) is 0 Å². The van der Waals surface area contributed by atoms with E-state index in [2.05, 4.69) is 15.0 Å². The van der Waals surface area contributed by atoms with Gasteiger partial charge in [0.1, 0.15) is 22.3 Å². The average Bonchev–Trinajstić information content (AvgIpc) is 2.56. The van der Waals surface area contributed by atoms with Crippen LogP contribution in [0, 0.1) is 6.92 Å². The van der Waals surface area contributed by atoms with Crippen LogP contribution < -0.4 is 9.47 Å². The Morgan fingerprint density at radius 2 is 1.71 bits per heavy atom. The predicted octanol–water partition coefficient (Wildman–Crippen LogP) is 4.69. The van der Waals surface area contributed by atoms with Crippen LogP contribution in [0.4, 0.5) is 0 Å². The molecule has 0 aliphatic rings. The van der Waals surface area contributed by atoms with Crippen LogP contribution >= 0.6 is 11.6 Å². The van der Waals surface area contributed by atoms with E-state index < -0.39 is 0 Å². The molecular weight excluding hydrogens is 326 g/mol. The Balaban J connectivity index is 1.82. The molecule has 0 saturated heterocycles. The van der Waals surface area contributed by atoms with Gasteiger partial charge in [0.15, 0.2) is 5.82 Å². The molecular formula is C18H16ClN3O2. The Labute approximate surface area is 145 Å². The van der Waals surface area contributed by atoms with E-state index in [1.807, 2.05) is 50.2 Å². The number of hydrogen-bond acceptors (Lipinski definition) is 5. The molecule has 0 spiro atoms. The number of hydrogen-bond donors (Lipinski definition) is 0. The fraction of sp³-hybridized carbons (Fsp3) is 0.167. The minimum atomic E-state index is 0.386.